The number of nitrogens with one attached hydrogen (secondary N) is 1. The van der Waals surface area contributed by atoms with Crippen LogP contribution in [-0.4, -0.2) is 97.9 Å². The molecule has 16 heteroatoms. The Bertz CT molecular complexity index is 1610. The van der Waals surface area contributed by atoms with Crippen molar-refractivity contribution >= 4 is 33.9 Å². The van der Waals surface area contributed by atoms with E-state index >= 15 is 0 Å². The highest BCUT2D eigenvalue weighted by atomic mass is 32.2. The molecule has 47 heavy (non-hydrogen) atoms. The Morgan fingerprint density at radius 3 is 2.32 bits per heavy atom. The van der Waals surface area contributed by atoms with Crippen LogP contribution in [0.15, 0.2) is 47.4 Å². The predicted octanol–water partition coefficient (Wildman–Crippen LogP) is 3.03. The average molecular weight is 683 g/mol. The molecule has 2 aliphatic heterocycles. The molecule has 0 aliphatic carbocycles. The number of nitrogens with zero attached hydrogens (tertiary/aromatic N) is 3. The number of hydrogen-bond donors (Lipinski definition) is 1. The van der Waals surface area contributed by atoms with Crippen molar-refractivity contribution in [3.8, 4) is 5.75 Å². The molecule has 2 aromatic rings. The van der Waals surface area contributed by atoms with Crippen LogP contribution < -0.4 is 10.1 Å². The molecular weight excluding hydrogens is 645 g/mol. The molecule has 0 spiro atoms. The van der Waals surface area contributed by atoms with Crippen LogP contribution in [0.25, 0.3) is 0 Å². The molecule has 2 heterocycles. The first kappa shape index (κ1) is 35.7. The van der Waals surface area contributed by atoms with Gasteiger partial charge in [0.2, 0.25) is 15.9 Å². The van der Waals surface area contributed by atoms with Crippen molar-refractivity contribution in [2.75, 3.05) is 27.2 Å². The van der Waals surface area contributed by atoms with Gasteiger partial charge in [0.05, 0.1) is 11.0 Å². The second kappa shape index (κ2) is 14.3. The fourth-order valence-electron chi connectivity index (χ4n) is 5.37. The van der Waals surface area contributed by atoms with Crippen molar-refractivity contribution in [1.29, 1.82) is 0 Å². The molecule has 1 fully saturated rings. The first-order chi connectivity index (χ1) is 22.0. The van der Waals surface area contributed by atoms with Crippen molar-refractivity contribution in [1.82, 2.24) is 19.4 Å². The third kappa shape index (κ3) is 8.60. The Morgan fingerprint density at radius 1 is 1.02 bits per heavy atom. The lowest BCUT2D eigenvalue weighted by molar-refractivity contribution is -0.186. The smallest absolute Gasteiger partial charge is 0.461 e. The highest BCUT2D eigenvalue weighted by Gasteiger charge is 2.44. The number of rotatable bonds is 9. The van der Waals surface area contributed by atoms with Crippen LogP contribution in [0.1, 0.15) is 43.4 Å². The van der Waals surface area contributed by atoms with E-state index in [1.54, 1.807) is 26.0 Å². The summed E-state index contributed by atoms with van der Waals surface area (Å²) in [5.74, 6) is -3.17. The molecule has 0 bridgehead atoms. The van der Waals surface area contributed by atoms with Crippen molar-refractivity contribution in [2.24, 2.45) is 0 Å². The van der Waals surface area contributed by atoms with Gasteiger partial charge in [-0.25, -0.2) is 18.0 Å². The molecule has 256 valence electrons. The fraction of sp³-hybridized carbons (Fsp3) is 0.484. The lowest BCUT2D eigenvalue weighted by Crippen LogP contribution is -2.52. The lowest BCUT2D eigenvalue weighted by Gasteiger charge is -2.30. The number of benzene rings is 2. The summed E-state index contributed by atoms with van der Waals surface area (Å²) in [5, 5.41) is 2.65. The number of ether oxygens (including phenoxy) is 2. The monoisotopic (exact) mass is 682 g/mol. The van der Waals surface area contributed by atoms with E-state index in [-0.39, 0.29) is 48.6 Å². The van der Waals surface area contributed by atoms with Gasteiger partial charge in [0.1, 0.15) is 17.8 Å². The number of esters is 1. The average Bonchev–Trinajstić information content (AvgIpc) is 3.51. The summed E-state index contributed by atoms with van der Waals surface area (Å²) in [7, 11) is -1.23. The number of alkyl halides is 3. The zero-order valence-corrected chi connectivity index (χ0v) is 27.2. The molecule has 3 amide bonds. The number of carbonyl (C=O) groups excluding carboxylic acids is 4. The fourth-order valence-corrected chi connectivity index (χ4v) is 7.08. The third-order valence-electron chi connectivity index (χ3n) is 7.72. The second-order valence-corrected chi connectivity index (χ2v) is 13.7. The van der Waals surface area contributed by atoms with Crippen LogP contribution in [0.3, 0.4) is 0 Å². The molecule has 1 saturated heterocycles. The Hall–Kier alpha value is -4.18. The Morgan fingerprint density at radius 2 is 1.70 bits per heavy atom. The molecular formula is C31H37F3N4O8S. The van der Waals surface area contributed by atoms with Gasteiger partial charge in [-0.05, 0) is 74.1 Å². The van der Waals surface area contributed by atoms with E-state index in [4.69, 9.17) is 9.47 Å². The van der Waals surface area contributed by atoms with E-state index in [0.717, 1.165) is 4.31 Å². The first-order valence-corrected chi connectivity index (χ1v) is 16.4. The zero-order chi connectivity index (χ0) is 34.7. The summed E-state index contributed by atoms with van der Waals surface area (Å²) in [6.07, 6.45) is -5.48. The van der Waals surface area contributed by atoms with Crippen molar-refractivity contribution < 1.29 is 50.2 Å². The predicted molar refractivity (Wildman–Crippen MR) is 162 cm³/mol. The SMILES string of the molecule is CC(C)OC(=O)[C@H](Cc1ccc(OC(=O)N(C)C)cc1)NC(=O)[C@@H]1CCCN1S(=O)(=O)c1ccc2c(c1)CN(C(=O)C(F)(F)F)CC2. The van der Waals surface area contributed by atoms with Crippen LogP contribution in [0, 0.1) is 0 Å². The summed E-state index contributed by atoms with van der Waals surface area (Å²) in [6.45, 7) is 2.74. The van der Waals surface area contributed by atoms with Gasteiger partial charge in [-0.2, -0.15) is 17.5 Å². The van der Waals surface area contributed by atoms with Crippen LogP contribution in [0.4, 0.5) is 18.0 Å². The minimum atomic E-state index is -5.05. The van der Waals surface area contributed by atoms with Crippen molar-refractivity contribution in [2.45, 2.75) is 75.3 Å². The molecule has 4 rings (SSSR count). The maximum absolute atomic E-state index is 13.8. The maximum Gasteiger partial charge on any atom is 0.471 e. The van der Waals surface area contributed by atoms with E-state index in [1.807, 2.05) is 0 Å². The van der Waals surface area contributed by atoms with Crippen LogP contribution in [-0.2, 0) is 48.5 Å². The molecule has 2 aliphatic rings. The standard InChI is InChI=1S/C31H37F3N4O8S/c1-19(2)45-28(40)25(16-20-7-10-23(11-8-20)46-30(42)36(3)4)35-27(39)26-6-5-14-38(26)47(43,44)24-12-9-21-13-15-37(18-22(21)17-24)29(41)31(32,33)34/h7-12,17,19,25-26H,5-6,13-16,18H2,1-4H3,(H,35,39)/t25-,26-/m0/s1. The van der Waals surface area contributed by atoms with Crippen molar-refractivity contribution in [3.63, 3.8) is 0 Å². The van der Waals surface area contributed by atoms with Gasteiger partial charge in [-0.3, -0.25) is 9.59 Å². The van der Waals surface area contributed by atoms with Gasteiger partial charge in [-0.15, -0.1) is 0 Å². The zero-order valence-electron chi connectivity index (χ0n) is 26.4. The van der Waals surface area contributed by atoms with Gasteiger partial charge in [0.25, 0.3) is 0 Å². The van der Waals surface area contributed by atoms with Crippen LogP contribution >= 0.6 is 0 Å². The minimum Gasteiger partial charge on any atom is -0.461 e. The maximum atomic E-state index is 13.8. The van der Waals surface area contributed by atoms with Gasteiger partial charge >= 0.3 is 24.1 Å². The largest absolute Gasteiger partial charge is 0.471 e. The topological polar surface area (TPSA) is 143 Å². The van der Waals surface area contributed by atoms with E-state index in [2.05, 4.69) is 5.32 Å². The highest BCUT2D eigenvalue weighted by Crippen LogP contribution is 2.31. The molecule has 0 aromatic heterocycles. The van der Waals surface area contributed by atoms with Crippen LogP contribution in [0.2, 0.25) is 0 Å². The van der Waals surface area contributed by atoms with Gasteiger partial charge < -0.3 is 24.6 Å². The minimum absolute atomic E-state index is 0.00333. The quantitative estimate of drug-likeness (QED) is 0.398. The number of hydrogen-bond acceptors (Lipinski definition) is 8. The summed E-state index contributed by atoms with van der Waals surface area (Å²) in [5.41, 5.74) is 1.50. The van der Waals surface area contributed by atoms with E-state index < -0.39 is 64.8 Å². The molecule has 0 saturated carbocycles. The molecule has 1 N–H and O–H groups in total. The van der Waals surface area contributed by atoms with Gasteiger partial charge in [0, 0.05) is 40.2 Å². The van der Waals surface area contributed by atoms with E-state index in [1.165, 1.54) is 49.3 Å². The molecule has 12 nitrogen and oxygen atoms in total. The highest BCUT2D eigenvalue weighted by molar-refractivity contribution is 7.89. The third-order valence-corrected chi connectivity index (χ3v) is 9.62. The number of amides is 3. The second-order valence-electron chi connectivity index (χ2n) is 11.8. The molecule has 0 unspecified atom stereocenters. The first-order valence-electron chi connectivity index (χ1n) is 15.0. The molecule has 2 aromatic carbocycles. The van der Waals surface area contributed by atoms with Gasteiger partial charge in [-0.1, -0.05) is 18.2 Å². The summed E-state index contributed by atoms with van der Waals surface area (Å²) in [4.78, 5) is 51.9. The molecule has 2 atom stereocenters. The van der Waals surface area contributed by atoms with Crippen molar-refractivity contribution in [3.05, 3.63) is 59.2 Å². The van der Waals surface area contributed by atoms with E-state index in [9.17, 15) is 40.8 Å². The number of fused-ring (bicyclic) bond motifs is 1. The number of halogens is 3. The number of sulfonamides is 1. The Balaban J connectivity index is 1.51. The normalized spacial score (nSPS) is 17.5. The summed E-state index contributed by atoms with van der Waals surface area (Å²) in [6, 6.07) is 8.05. The molecule has 0 radical (unpaired) electrons. The number of carbonyl (C=O) groups is 4. The van der Waals surface area contributed by atoms with Crippen LogP contribution in [0.5, 0.6) is 5.75 Å². The summed E-state index contributed by atoms with van der Waals surface area (Å²) < 4.78 is 78.2. The Kier molecular flexibility index (Phi) is 10.8. The summed E-state index contributed by atoms with van der Waals surface area (Å²) >= 11 is 0. The Labute approximate surface area is 270 Å². The lowest BCUT2D eigenvalue weighted by atomic mass is 10.00. The van der Waals surface area contributed by atoms with E-state index in [0.29, 0.717) is 22.4 Å². The van der Waals surface area contributed by atoms with Gasteiger partial charge in [0.15, 0.2) is 0 Å².